The zero-order valence-electron chi connectivity index (χ0n) is 19.2. The summed E-state index contributed by atoms with van der Waals surface area (Å²) in [5.41, 5.74) is 2.54. The van der Waals surface area contributed by atoms with Crippen molar-refractivity contribution >= 4 is 0 Å². The molecule has 0 N–H and O–H groups in total. The highest BCUT2D eigenvalue weighted by molar-refractivity contribution is 5.32. The van der Waals surface area contributed by atoms with Gasteiger partial charge in [-0.15, -0.1) is 5.10 Å². The molecule has 0 aliphatic carbocycles. The third kappa shape index (κ3) is 5.24. The number of rotatable bonds is 8. The third-order valence-corrected chi connectivity index (χ3v) is 6.66. The summed E-state index contributed by atoms with van der Waals surface area (Å²) in [5.74, 6) is 1.73. The van der Waals surface area contributed by atoms with E-state index in [1.54, 1.807) is 7.11 Å². The quantitative estimate of drug-likeness (QED) is 0.525. The smallest absolute Gasteiger partial charge is 0.173 e. The van der Waals surface area contributed by atoms with Crippen molar-refractivity contribution in [2.75, 3.05) is 39.9 Å². The number of piperazine rings is 1. The average molecular weight is 449 g/mol. The van der Waals surface area contributed by atoms with Crippen LogP contribution in [0, 0.1) is 0 Å². The van der Waals surface area contributed by atoms with Crippen LogP contribution in [0.3, 0.4) is 0 Å². The molecule has 2 aliphatic rings. The summed E-state index contributed by atoms with van der Waals surface area (Å²) in [6, 6.07) is 19.0. The minimum Gasteiger partial charge on any atom is -0.497 e. The molecule has 3 aromatic rings. The molecule has 1 aromatic heterocycles. The lowest BCUT2D eigenvalue weighted by atomic mass is 10.0. The van der Waals surface area contributed by atoms with Gasteiger partial charge < -0.3 is 9.47 Å². The molecule has 2 saturated heterocycles. The first-order valence-electron chi connectivity index (χ1n) is 11.8. The van der Waals surface area contributed by atoms with Crippen LogP contribution in [-0.2, 0) is 17.8 Å². The van der Waals surface area contributed by atoms with Gasteiger partial charge in [0.1, 0.15) is 5.75 Å². The van der Waals surface area contributed by atoms with Gasteiger partial charge in [-0.3, -0.25) is 9.80 Å². The van der Waals surface area contributed by atoms with E-state index >= 15 is 0 Å². The molecule has 8 heteroatoms. The summed E-state index contributed by atoms with van der Waals surface area (Å²) in [6.45, 7) is 6.44. The Balaban J connectivity index is 1.35. The maximum atomic E-state index is 5.86. The number of ether oxygens (including phenoxy) is 2. The van der Waals surface area contributed by atoms with Crippen molar-refractivity contribution in [1.82, 2.24) is 30.0 Å². The Hall–Kier alpha value is -2.81. The molecule has 0 radical (unpaired) electrons. The van der Waals surface area contributed by atoms with Gasteiger partial charge in [0.2, 0.25) is 0 Å². The fourth-order valence-corrected chi connectivity index (χ4v) is 4.85. The van der Waals surface area contributed by atoms with Gasteiger partial charge >= 0.3 is 0 Å². The van der Waals surface area contributed by atoms with Gasteiger partial charge in [0.05, 0.1) is 25.8 Å². The fourth-order valence-electron chi connectivity index (χ4n) is 4.85. The first kappa shape index (κ1) is 22.0. The molecule has 0 unspecified atom stereocenters. The highest BCUT2D eigenvalue weighted by Crippen LogP contribution is 2.30. The van der Waals surface area contributed by atoms with Gasteiger partial charge in [-0.2, -0.15) is 0 Å². The standard InChI is InChI=1S/C25H32N6O2/c1-32-22-11-9-21(10-12-22)24(25-26-27-28-31(25)19-23-8-5-17-33-23)30-15-13-29(14-16-30)18-20-6-3-2-4-7-20/h2-4,6-7,9-12,23-24H,5,8,13-19H2,1H3/t23-,24+/m1/s1. The first-order chi connectivity index (χ1) is 16.3. The van der Waals surface area contributed by atoms with Crippen LogP contribution in [-0.4, -0.2) is 76.0 Å². The van der Waals surface area contributed by atoms with Gasteiger partial charge in [0.25, 0.3) is 0 Å². The van der Waals surface area contributed by atoms with E-state index in [1.165, 1.54) is 11.1 Å². The average Bonchev–Trinajstić information content (AvgIpc) is 3.54. The van der Waals surface area contributed by atoms with Gasteiger partial charge in [-0.05, 0) is 46.5 Å². The Morgan fingerprint density at radius 1 is 1.03 bits per heavy atom. The van der Waals surface area contributed by atoms with Crippen molar-refractivity contribution in [1.29, 1.82) is 0 Å². The van der Waals surface area contributed by atoms with Crippen LogP contribution in [0.2, 0.25) is 0 Å². The minimum absolute atomic E-state index is 0.00816. The molecule has 33 heavy (non-hydrogen) atoms. The Bertz CT molecular complexity index is 995. The van der Waals surface area contributed by atoms with Crippen LogP contribution in [0.5, 0.6) is 5.75 Å². The summed E-state index contributed by atoms with van der Waals surface area (Å²) in [6.07, 6.45) is 2.35. The molecule has 2 aliphatic heterocycles. The van der Waals surface area contributed by atoms with Crippen molar-refractivity contribution in [2.24, 2.45) is 0 Å². The molecule has 8 nitrogen and oxygen atoms in total. The summed E-state index contributed by atoms with van der Waals surface area (Å²) in [5, 5.41) is 12.9. The molecule has 5 rings (SSSR count). The predicted molar refractivity (Wildman–Crippen MR) is 125 cm³/mol. The fraction of sp³-hybridized carbons (Fsp3) is 0.480. The van der Waals surface area contributed by atoms with Crippen LogP contribution in [0.4, 0.5) is 0 Å². The number of methoxy groups -OCH3 is 1. The molecule has 2 atom stereocenters. The Kier molecular flexibility index (Phi) is 6.95. The monoisotopic (exact) mass is 448 g/mol. The largest absolute Gasteiger partial charge is 0.497 e. The molecular weight excluding hydrogens is 416 g/mol. The molecule has 174 valence electrons. The topological polar surface area (TPSA) is 68.5 Å². The number of hydrogen-bond donors (Lipinski definition) is 0. The summed E-state index contributed by atoms with van der Waals surface area (Å²) in [4.78, 5) is 5.02. The molecule has 3 heterocycles. The Labute approximate surface area is 195 Å². The summed E-state index contributed by atoms with van der Waals surface area (Å²) in [7, 11) is 1.70. The maximum absolute atomic E-state index is 5.86. The normalized spacial score (nSPS) is 20.7. The van der Waals surface area contributed by atoms with E-state index in [-0.39, 0.29) is 12.1 Å². The van der Waals surface area contributed by atoms with Crippen LogP contribution < -0.4 is 4.74 Å². The van der Waals surface area contributed by atoms with Gasteiger partial charge in [-0.25, -0.2) is 4.68 Å². The predicted octanol–water partition coefficient (Wildman–Crippen LogP) is 2.77. The van der Waals surface area contributed by atoms with E-state index in [0.29, 0.717) is 6.54 Å². The minimum atomic E-state index is -0.00816. The van der Waals surface area contributed by atoms with Crippen molar-refractivity contribution < 1.29 is 9.47 Å². The lowest BCUT2D eigenvalue weighted by molar-refractivity contribution is 0.0841. The highest BCUT2D eigenvalue weighted by atomic mass is 16.5. The number of tetrazole rings is 1. The first-order valence-corrected chi connectivity index (χ1v) is 11.8. The Morgan fingerprint density at radius 2 is 1.82 bits per heavy atom. The van der Waals surface area contributed by atoms with Crippen molar-refractivity contribution in [3.63, 3.8) is 0 Å². The molecule has 0 amide bonds. The Morgan fingerprint density at radius 3 is 2.52 bits per heavy atom. The molecule has 2 fully saturated rings. The SMILES string of the molecule is COc1ccc([C@@H](c2nnnn2C[C@H]2CCCO2)N2CCN(Cc3ccccc3)CC2)cc1. The van der Waals surface area contributed by atoms with Crippen LogP contribution >= 0.6 is 0 Å². The van der Waals surface area contributed by atoms with E-state index in [4.69, 9.17) is 9.47 Å². The second kappa shape index (κ2) is 10.4. The van der Waals surface area contributed by atoms with E-state index < -0.39 is 0 Å². The lowest BCUT2D eigenvalue weighted by Gasteiger charge is -2.39. The molecule has 0 bridgehead atoms. The van der Waals surface area contributed by atoms with E-state index in [2.05, 4.69) is 67.8 Å². The van der Waals surface area contributed by atoms with Crippen molar-refractivity contribution in [3.05, 3.63) is 71.5 Å². The van der Waals surface area contributed by atoms with E-state index in [9.17, 15) is 0 Å². The van der Waals surface area contributed by atoms with Crippen molar-refractivity contribution in [2.45, 2.75) is 38.1 Å². The number of aromatic nitrogens is 4. The zero-order chi connectivity index (χ0) is 22.5. The highest BCUT2D eigenvalue weighted by Gasteiger charge is 2.31. The maximum Gasteiger partial charge on any atom is 0.173 e. The molecule has 2 aromatic carbocycles. The third-order valence-electron chi connectivity index (χ3n) is 6.66. The summed E-state index contributed by atoms with van der Waals surface area (Å²) >= 11 is 0. The number of nitrogens with zero attached hydrogens (tertiary/aromatic N) is 6. The molecular formula is C25H32N6O2. The van der Waals surface area contributed by atoms with Crippen LogP contribution in [0.1, 0.15) is 35.8 Å². The van der Waals surface area contributed by atoms with Crippen molar-refractivity contribution in [3.8, 4) is 5.75 Å². The molecule has 0 saturated carbocycles. The summed E-state index contributed by atoms with van der Waals surface area (Å²) < 4.78 is 13.2. The van der Waals surface area contributed by atoms with Gasteiger partial charge in [0.15, 0.2) is 5.82 Å². The second-order valence-electron chi connectivity index (χ2n) is 8.83. The number of hydrogen-bond acceptors (Lipinski definition) is 7. The van der Waals surface area contributed by atoms with Crippen LogP contribution in [0.25, 0.3) is 0 Å². The van der Waals surface area contributed by atoms with E-state index in [1.807, 2.05) is 16.8 Å². The van der Waals surface area contributed by atoms with Gasteiger partial charge in [-0.1, -0.05) is 42.5 Å². The lowest BCUT2D eigenvalue weighted by Crippen LogP contribution is -2.48. The van der Waals surface area contributed by atoms with Gasteiger partial charge in [0, 0.05) is 39.3 Å². The zero-order valence-corrected chi connectivity index (χ0v) is 19.2. The number of benzene rings is 2. The second-order valence-corrected chi connectivity index (χ2v) is 8.83. The van der Waals surface area contributed by atoms with Crippen LogP contribution in [0.15, 0.2) is 54.6 Å². The molecule has 0 spiro atoms. The van der Waals surface area contributed by atoms with E-state index in [0.717, 1.165) is 63.7 Å².